The molecule has 0 aromatic rings. The van der Waals surface area contributed by atoms with Crippen molar-refractivity contribution in [2.75, 3.05) is 20.3 Å². The maximum Gasteiger partial charge on any atom is 0.305 e. The number of ether oxygens (including phenoxy) is 2. The van der Waals surface area contributed by atoms with Gasteiger partial charge in [-0.15, -0.1) is 0 Å². The Morgan fingerprint density at radius 3 is 2.46 bits per heavy atom. The first-order valence-electron chi connectivity index (χ1n) is 10.3. The third-order valence-electron chi connectivity index (χ3n) is 4.47. The minimum Gasteiger partial charge on any atom is -0.469 e. The molecule has 0 saturated heterocycles. The lowest BCUT2D eigenvalue weighted by molar-refractivity contribution is -0.140. The molecule has 154 valence electrons. The van der Waals surface area contributed by atoms with Crippen LogP contribution < -0.4 is 0 Å². The molecule has 0 amide bonds. The van der Waals surface area contributed by atoms with Gasteiger partial charge in [0.15, 0.2) is 0 Å². The van der Waals surface area contributed by atoms with Crippen molar-refractivity contribution in [1.29, 1.82) is 0 Å². The van der Waals surface area contributed by atoms with Crippen LogP contribution in [0, 0.1) is 0 Å². The number of rotatable bonds is 18. The molecule has 0 saturated carbocycles. The minimum absolute atomic E-state index is 0.0160. The van der Waals surface area contributed by atoms with Gasteiger partial charge in [-0.25, -0.2) is 0 Å². The molecule has 0 radical (unpaired) electrons. The van der Waals surface area contributed by atoms with Crippen molar-refractivity contribution in [3.63, 3.8) is 0 Å². The van der Waals surface area contributed by atoms with Gasteiger partial charge in [0.2, 0.25) is 0 Å². The van der Waals surface area contributed by atoms with Gasteiger partial charge in [0.25, 0.3) is 0 Å². The Morgan fingerprint density at radius 2 is 1.77 bits per heavy atom. The van der Waals surface area contributed by atoms with Crippen molar-refractivity contribution in [2.45, 2.75) is 96.2 Å². The molecule has 0 aliphatic carbocycles. The van der Waals surface area contributed by atoms with Gasteiger partial charge in [0.1, 0.15) is 0 Å². The van der Waals surface area contributed by atoms with Crippen LogP contribution in [0.15, 0.2) is 12.2 Å². The molecule has 2 N–H and O–H groups in total. The second-order valence-corrected chi connectivity index (χ2v) is 6.79. The van der Waals surface area contributed by atoms with Crippen molar-refractivity contribution in [2.24, 2.45) is 0 Å². The smallest absolute Gasteiger partial charge is 0.305 e. The van der Waals surface area contributed by atoms with Crippen molar-refractivity contribution < 1.29 is 24.5 Å². The number of unbranched alkanes of at least 4 members (excludes halogenated alkanes) is 7. The molecule has 0 spiro atoms. The average Bonchev–Trinajstić information content (AvgIpc) is 2.65. The number of esters is 1. The summed E-state index contributed by atoms with van der Waals surface area (Å²) >= 11 is 0. The maximum atomic E-state index is 11.0. The third kappa shape index (κ3) is 15.4. The zero-order valence-corrected chi connectivity index (χ0v) is 16.8. The van der Waals surface area contributed by atoms with E-state index in [4.69, 9.17) is 9.84 Å². The van der Waals surface area contributed by atoms with Gasteiger partial charge in [0, 0.05) is 6.42 Å². The van der Waals surface area contributed by atoms with Crippen LogP contribution in [-0.2, 0) is 14.3 Å². The van der Waals surface area contributed by atoms with Crippen LogP contribution in [0.1, 0.15) is 84.0 Å². The second kappa shape index (κ2) is 18.9. The molecule has 0 fully saturated rings. The summed E-state index contributed by atoms with van der Waals surface area (Å²) in [5.41, 5.74) is 0. The van der Waals surface area contributed by atoms with Gasteiger partial charge >= 0.3 is 5.97 Å². The van der Waals surface area contributed by atoms with Crippen LogP contribution in [0.25, 0.3) is 0 Å². The third-order valence-corrected chi connectivity index (χ3v) is 4.47. The maximum absolute atomic E-state index is 11.0. The van der Waals surface area contributed by atoms with Crippen LogP contribution in [0.5, 0.6) is 0 Å². The molecule has 0 aliphatic heterocycles. The van der Waals surface area contributed by atoms with Crippen molar-refractivity contribution in [3.8, 4) is 0 Å². The summed E-state index contributed by atoms with van der Waals surface area (Å²) in [4.78, 5) is 11.0. The van der Waals surface area contributed by atoms with Crippen molar-refractivity contribution in [1.82, 2.24) is 0 Å². The first kappa shape index (κ1) is 25.1. The summed E-state index contributed by atoms with van der Waals surface area (Å²) in [6, 6.07) is 0. The van der Waals surface area contributed by atoms with E-state index in [-0.39, 0.29) is 25.3 Å². The molecule has 0 aliphatic rings. The SMILES string of the molecule is CCCCCC(O)C(C/C=C/CCCCCCCC(=O)OC)OCCO. The Bertz CT molecular complexity index is 343. The lowest BCUT2D eigenvalue weighted by Gasteiger charge is -2.22. The molecule has 2 unspecified atom stereocenters. The van der Waals surface area contributed by atoms with E-state index < -0.39 is 6.10 Å². The summed E-state index contributed by atoms with van der Waals surface area (Å²) in [6.07, 6.45) is 15.2. The van der Waals surface area contributed by atoms with E-state index >= 15 is 0 Å². The summed E-state index contributed by atoms with van der Waals surface area (Å²) in [7, 11) is 1.43. The van der Waals surface area contributed by atoms with Gasteiger partial charge in [-0.1, -0.05) is 57.6 Å². The summed E-state index contributed by atoms with van der Waals surface area (Å²) < 4.78 is 10.2. The van der Waals surface area contributed by atoms with Gasteiger partial charge < -0.3 is 19.7 Å². The fraction of sp³-hybridized carbons (Fsp3) is 0.857. The molecular weight excluding hydrogens is 332 g/mol. The number of aliphatic hydroxyl groups is 2. The Morgan fingerprint density at radius 1 is 1.04 bits per heavy atom. The highest BCUT2D eigenvalue weighted by atomic mass is 16.5. The molecule has 5 heteroatoms. The summed E-state index contributed by atoms with van der Waals surface area (Å²) in [5, 5.41) is 19.2. The molecule has 0 aromatic heterocycles. The van der Waals surface area contributed by atoms with E-state index in [1.54, 1.807) is 0 Å². The monoisotopic (exact) mass is 372 g/mol. The highest BCUT2D eigenvalue weighted by Crippen LogP contribution is 2.14. The molecule has 0 bridgehead atoms. The Balaban J connectivity index is 3.81. The lowest BCUT2D eigenvalue weighted by atomic mass is 10.0. The Kier molecular flexibility index (Phi) is 18.2. The molecular formula is C21H40O5. The predicted molar refractivity (Wildman–Crippen MR) is 105 cm³/mol. The van der Waals surface area contributed by atoms with Gasteiger partial charge in [-0.05, 0) is 32.1 Å². The van der Waals surface area contributed by atoms with E-state index in [9.17, 15) is 9.90 Å². The van der Waals surface area contributed by atoms with E-state index in [1.807, 2.05) is 0 Å². The first-order valence-corrected chi connectivity index (χ1v) is 10.3. The normalized spacial score (nSPS) is 13.8. The van der Waals surface area contributed by atoms with Crippen LogP contribution in [0.3, 0.4) is 0 Å². The van der Waals surface area contributed by atoms with Crippen LogP contribution in [0.2, 0.25) is 0 Å². The number of methoxy groups -OCH3 is 1. The highest BCUT2D eigenvalue weighted by Gasteiger charge is 2.17. The van der Waals surface area contributed by atoms with Crippen molar-refractivity contribution in [3.05, 3.63) is 12.2 Å². The molecule has 0 rings (SSSR count). The number of aliphatic hydroxyl groups excluding tert-OH is 2. The fourth-order valence-electron chi connectivity index (χ4n) is 2.84. The minimum atomic E-state index is -0.465. The zero-order chi connectivity index (χ0) is 19.5. The Hall–Kier alpha value is -0.910. The van der Waals surface area contributed by atoms with Gasteiger partial charge in [0.05, 0.1) is 32.5 Å². The second-order valence-electron chi connectivity index (χ2n) is 6.79. The van der Waals surface area contributed by atoms with E-state index in [2.05, 4.69) is 23.8 Å². The predicted octanol–water partition coefficient (Wildman–Crippen LogP) is 4.16. The lowest BCUT2D eigenvalue weighted by Crippen LogP contribution is -2.29. The van der Waals surface area contributed by atoms with Gasteiger partial charge in [-0.2, -0.15) is 0 Å². The van der Waals surface area contributed by atoms with E-state index in [1.165, 1.54) is 7.11 Å². The molecule has 26 heavy (non-hydrogen) atoms. The Labute approximate surface area is 159 Å². The number of carbonyl (C=O) groups excluding carboxylic acids is 1. The van der Waals surface area contributed by atoms with E-state index in [0.717, 1.165) is 64.2 Å². The van der Waals surface area contributed by atoms with E-state index in [0.29, 0.717) is 12.8 Å². The number of hydrogen-bond acceptors (Lipinski definition) is 5. The molecule has 0 aromatic carbocycles. The number of hydrogen-bond donors (Lipinski definition) is 2. The van der Waals surface area contributed by atoms with Gasteiger partial charge in [-0.3, -0.25) is 4.79 Å². The average molecular weight is 373 g/mol. The molecule has 2 atom stereocenters. The number of carbonyl (C=O) groups is 1. The molecule has 0 heterocycles. The molecule has 5 nitrogen and oxygen atoms in total. The summed E-state index contributed by atoms with van der Waals surface area (Å²) in [6.45, 7) is 2.40. The number of allylic oxidation sites excluding steroid dienone is 1. The topological polar surface area (TPSA) is 76.0 Å². The largest absolute Gasteiger partial charge is 0.469 e. The fourth-order valence-corrected chi connectivity index (χ4v) is 2.84. The summed E-state index contributed by atoms with van der Waals surface area (Å²) in [5.74, 6) is -0.122. The first-order chi connectivity index (χ1) is 12.7. The highest BCUT2D eigenvalue weighted by molar-refractivity contribution is 5.68. The quantitative estimate of drug-likeness (QED) is 0.215. The standard InChI is InChI=1S/C21H40O5/c1-3-4-11-14-19(23)20(26-18-17-22)15-12-9-7-5-6-8-10-13-16-21(24)25-2/h9,12,19-20,22-23H,3-8,10-11,13-18H2,1-2H3/b12-9+. The van der Waals surface area contributed by atoms with Crippen LogP contribution >= 0.6 is 0 Å². The van der Waals surface area contributed by atoms with Crippen LogP contribution in [-0.4, -0.2) is 48.7 Å². The van der Waals surface area contributed by atoms with Crippen molar-refractivity contribution >= 4 is 5.97 Å². The zero-order valence-electron chi connectivity index (χ0n) is 16.8. The van der Waals surface area contributed by atoms with Crippen LogP contribution in [0.4, 0.5) is 0 Å².